The molecular formula is C13H23N3O2. The topological polar surface area (TPSA) is 68.0 Å². The molecule has 0 unspecified atom stereocenters. The maximum absolute atomic E-state index is 11.4. The first-order valence-electron chi connectivity index (χ1n) is 6.39. The number of nitrogens with one attached hydrogen (secondary N) is 1. The van der Waals surface area contributed by atoms with Gasteiger partial charge >= 0.3 is 0 Å². The van der Waals surface area contributed by atoms with Gasteiger partial charge in [0.2, 0.25) is 11.8 Å². The van der Waals surface area contributed by atoms with Crippen molar-refractivity contribution in [2.75, 3.05) is 6.54 Å². The molecule has 0 bridgehead atoms. The van der Waals surface area contributed by atoms with Crippen LogP contribution in [0.15, 0.2) is 4.52 Å². The summed E-state index contributed by atoms with van der Waals surface area (Å²) in [6.45, 7) is 10.7. The number of rotatable bonds is 5. The molecule has 1 rings (SSSR count). The average molecular weight is 253 g/mol. The van der Waals surface area contributed by atoms with Gasteiger partial charge in [-0.25, -0.2) is 0 Å². The number of amides is 1. The molecule has 0 fully saturated rings. The van der Waals surface area contributed by atoms with E-state index >= 15 is 0 Å². The van der Waals surface area contributed by atoms with Gasteiger partial charge in [-0.15, -0.1) is 0 Å². The predicted octanol–water partition coefficient (Wildman–Crippen LogP) is 2.07. The summed E-state index contributed by atoms with van der Waals surface area (Å²) in [6.07, 6.45) is 1.16. The Labute approximate surface area is 108 Å². The predicted molar refractivity (Wildman–Crippen MR) is 69.2 cm³/mol. The van der Waals surface area contributed by atoms with E-state index in [0.717, 1.165) is 0 Å². The monoisotopic (exact) mass is 253 g/mol. The van der Waals surface area contributed by atoms with Crippen LogP contribution in [0, 0.1) is 5.92 Å². The van der Waals surface area contributed by atoms with Gasteiger partial charge in [0, 0.05) is 24.8 Å². The molecule has 5 nitrogen and oxygen atoms in total. The lowest BCUT2D eigenvalue weighted by Crippen LogP contribution is -2.26. The van der Waals surface area contributed by atoms with Crippen LogP contribution in [0.25, 0.3) is 0 Å². The number of hydrogen-bond acceptors (Lipinski definition) is 4. The Morgan fingerprint density at radius 3 is 2.56 bits per heavy atom. The van der Waals surface area contributed by atoms with E-state index in [2.05, 4.69) is 15.5 Å². The largest absolute Gasteiger partial charge is 0.356 e. The Balaban J connectivity index is 2.36. The molecule has 5 heteroatoms. The summed E-state index contributed by atoms with van der Waals surface area (Å²) in [5.74, 6) is 1.72. The molecule has 0 atom stereocenters. The van der Waals surface area contributed by atoms with Crippen molar-refractivity contribution in [1.82, 2.24) is 15.5 Å². The zero-order valence-electron chi connectivity index (χ0n) is 11.9. The van der Waals surface area contributed by atoms with Gasteiger partial charge in [0.25, 0.3) is 0 Å². The van der Waals surface area contributed by atoms with Crippen molar-refractivity contribution in [3.63, 3.8) is 0 Å². The summed E-state index contributed by atoms with van der Waals surface area (Å²) in [6, 6.07) is 0. The molecule has 1 aromatic heterocycles. The first-order valence-corrected chi connectivity index (χ1v) is 6.39. The zero-order chi connectivity index (χ0) is 13.8. The van der Waals surface area contributed by atoms with Crippen LogP contribution in [-0.2, 0) is 16.6 Å². The standard InChI is InChI=1S/C13H23N3O2/c1-9(2)8-11(17)14-7-6-10-15-12(18-16-10)13(3,4)5/h9H,6-8H2,1-5H3,(H,14,17). The van der Waals surface area contributed by atoms with Crippen LogP contribution in [0.5, 0.6) is 0 Å². The lowest BCUT2D eigenvalue weighted by molar-refractivity contribution is -0.121. The van der Waals surface area contributed by atoms with Crippen LogP contribution in [-0.4, -0.2) is 22.6 Å². The van der Waals surface area contributed by atoms with Crippen LogP contribution in [0.3, 0.4) is 0 Å². The molecule has 0 saturated heterocycles. The molecule has 18 heavy (non-hydrogen) atoms. The molecular weight excluding hydrogens is 230 g/mol. The first kappa shape index (κ1) is 14.7. The fraction of sp³-hybridized carbons (Fsp3) is 0.769. The molecule has 1 heterocycles. The number of nitrogens with zero attached hydrogens (tertiary/aromatic N) is 2. The van der Waals surface area contributed by atoms with Crippen LogP contribution in [0.4, 0.5) is 0 Å². The van der Waals surface area contributed by atoms with E-state index in [0.29, 0.717) is 37.0 Å². The van der Waals surface area contributed by atoms with Crippen molar-refractivity contribution in [1.29, 1.82) is 0 Å². The average Bonchev–Trinajstić information content (AvgIpc) is 2.64. The van der Waals surface area contributed by atoms with Crippen molar-refractivity contribution in [3.05, 3.63) is 11.7 Å². The Bertz CT molecular complexity index is 391. The van der Waals surface area contributed by atoms with E-state index < -0.39 is 0 Å². The summed E-state index contributed by atoms with van der Waals surface area (Å²) in [5, 5.41) is 6.75. The summed E-state index contributed by atoms with van der Waals surface area (Å²) in [5.41, 5.74) is -0.133. The SMILES string of the molecule is CC(C)CC(=O)NCCc1noc(C(C)(C)C)n1. The number of carbonyl (C=O) groups is 1. The van der Waals surface area contributed by atoms with E-state index in [-0.39, 0.29) is 11.3 Å². The van der Waals surface area contributed by atoms with E-state index in [9.17, 15) is 4.79 Å². The third-order valence-electron chi connectivity index (χ3n) is 2.37. The van der Waals surface area contributed by atoms with Crippen LogP contribution < -0.4 is 5.32 Å². The second-order valence-corrected chi connectivity index (χ2v) is 5.96. The number of hydrogen-bond donors (Lipinski definition) is 1. The lowest BCUT2D eigenvalue weighted by atomic mass is 9.97. The highest BCUT2D eigenvalue weighted by molar-refractivity contribution is 5.75. The molecule has 0 saturated carbocycles. The highest BCUT2D eigenvalue weighted by atomic mass is 16.5. The van der Waals surface area contributed by atoms with Gasteiger partial charge in [-0.1, -0.05) is 39.8 Å². The van der Waals surface area contributed by atoms with Crippen molar-refractivity contribution in [2.24, 2.45) is 5.92 Å². The highest BCUT2D eigenvalue weighted by Crippen LogP contribution is 2.19. The smallest absolute Gasteiger partial charge is 0.232 e. The number of aromatic nitrogens is 2. The first-order chi connectivity index (χ1) is 8.29. The van der Waals surface area contributed by atoms with Gasteiger partial charge in [0.15, 0.2) is 5.82 Å². The second kappa shape index (κ2) is 5.98. The minimum absolute atomic E-state index is 0.0736. The quantitative estimate of drug-likeness (QED) is 0.872. The minimum atomic E-state index is -0.133. The Morgan fingerprint density at radius 1 is 1.39 bits per heavy atom. The van der Waals surface area contributed by atoms with Gasteiger partial charge in [0.1, 0.15) is 0 Å². The Morgan fingerprint density at radius 2 is 2.06 bits per heavy atom. The summed E-state index contributed by atoms with van der Waals surface area (Å²) in [4.78, 5) is 15.7. The lowest BCUT2D eigenvalue weighted by Gasteiger charge is -2.10. The van der Waals surface area contributed by atoms with E-state index in [4.69, 9.17) is 4.52 Å². The molecule has 0 aliphatic heterocycles. The third-order valence-corrected chi connectivity index (χ3v) is 2.37. The van der Waals surface area contributed by atoms with Crippen LogP contribution in [0.1, 0.15) is 52.8 Å². The van der Waals surface area contributed by atoms with Gasteiger partial charge in [-0.05, 0) is 5.92 Å². The normalized spacial score (nSPS) is 11.9. The van der Waals surface area contributed by atoms with E-state index in [1.54, 1.807) is 0 Å². The van der Waals surface area contributed by atoms with Crippen LogP contribution >= 0.6 is 0 Å². The Hall–Kier alpha value is -1.39. The van der Waals surface area contributed by atoms with Crippen molar-refractivity contribution in [2.45, 2.75) is 52.9 Å². The molecule has 0 aliphatic carbocycles. The zero-order valence-corrected chi connectivity index (χ0v) is 11.9. The summed E-state index contributed by atoms with van der Waals surface area (Å²) in [7, 11) is 0. The van der Waals surface area contributed by atoms with E-state index in [1.165, 1.54) is 0 Å². The van der Waals surface area contributed by atoms with Crippen molar-refractivity contribution in [3.8, 4) is 0 Å². The molecule has 0 aliphatic rings. The highest BCUT2D eigenvalue weighted by Gasteiger charge is 2.21. The molecule has 0 radical (unpaired) electrons. The van der Waals surface area contributed by atoms with Crippen molar-refractivity contribution >= 4 is 5.91 Å². The van der Waals surface area contributed by atoms with Gasteiger partial charge in [-0.2, -0.15) is 4.98 Å². The third kappa shape index (κ3) is 4.85. The fourth-order valence-corrected chi connectivity index (χ4v) is 1.42. The van der Waals surface area contributed by atoms with Gasteiger partial charge < -0.3 is 9.84 Å². The summed E-state index contributed by atoms with van der Waals surface area (Å²) >= 11 is 0. The maximum Gasteiger partial charge on any atom is 0.232 e. The minimum Gasteiger partial charge on any atom is -0.356 e. The molecule has 1 aromatic rings. The molecule has 102 valence electrons. The molecule has 0 spiro atoms. The molecule has 1 amide bonds. The summed E-state index contributed by atoms with van der Waals surface area (Å²) < 4.78 is 5.18. The van der Waals surface area contributed by atoms with Gasteiger partial charge in [0.05, 0.1) is 0 Å². The van der Waals surface area contributed by atoms with Gasteiger partial charge in [-0.3, -0.25) is 4.79 Å². The number of carbonyl (C=O) groups excluding carboxylic acids is 1. The van der Waals surface area contributed by atoms with Crippen molar-refractivity contribution < 1.29 is 9.32 Å². The molecule has 0 aromatic carbocycles. The maximum atomic E-state index is 11.4. The van der Waals surface area contributed by atoms with Crippen LogP contribution in [0.2, 0.25) is 0 Å². The fourth-order valence-electron chi connectivity index (χ4n) is 1.42. The molecule has 1 N–H and O–H groups in total. The Kier molecular flexibility index (Phi) is 4.87. The second-order valence-electron chi connectivity index (χ2n) is 5.96. The van der Waals surface area contributed by atoms with E-state index in [1.807, 2.05) is 34.6 Å².